The minimum Gasteiger partial charge on any atom is -0.390 e. The Kier molecular flexibility index (Phi) is 2.27. The van der Waals surface area contributed by atoms with Gasteiger partial charge in [-0.1, -0.05) is 0 Å². The van der Waals surface area contributed by atoms with Crippen LogP contribution in [0.5, 0.6) is 0 Å². The predicted molar refractivity (Wildman–Crippen MR) is 48.9 cm³/mol. The van der Waals surface area contributed by atoms with Gasteiger partial charge in [-0.05, 0) is 43.4 Å². The van der Waals surface area contributed by atoms with Gasteiger partial charge in [-0.15, -0.1) is 0 Å². The number of hydrogen-bond acceptors (Lipinski definition) is 1. The topological polar surface area (TPSA) is 20.2 Å². The van der Waals surface area contributed by atoms with Gasteiger partial charge in [-0.3, -0.25) is 0 Å². The Balaban J connectivity index is 2.01. The summed E-state index contributed by atoms with van der Waals surface area (Å²) in [5.41, 5.74) is 0.0609. The van der Waals surface area contributed by atoms with Crippen LogP contribution >= 0.6 is 0 Å². The van der Waals surface area contributed by atoms with E-state index < -0.39 is 17.2 Å². The maximum Gasteiger partial charge on any atom is 0.126 e. The number of hydrogen-bond donors (Lipinski definition) is 1. The van der Waals surface area contributed by atoms with Crippen molar-refractivity contribution in [2.45, 2.75) is 31.3 Å². The SMILES string of the molecule is OC1(CCc2cc(F)cc(F)c2)CC1. The van der Waals surface area contributed by atoms with Crippen molar-refractivity contribution in [2.24, 2.45) is 0 Å². The molecule has 76 valence electrons. The van der Waals surface area contributed by atoms with Crippen molar-refractivity contribution in [3.05, 3.63) is 35.4 Å². The molecule has 1 nitrogen and oxygen atoms in total. The van der Waals surface area contributed by atoms with Crippen LogP contribution in [0.3, 0.4) is 0 Å². The monoisotopic (exact) mass is 198 g/mol. The van der Waals surface area contributed by atoms with Gasteiger partial charge in [0.25, 0.3) is 0 Å². The molecule has 14 heavy (non-hydrogen) atoms. The van der Waals surface area contributed by atoms with E-state index >= 15 is 0 Å². The molecule has 0 aromatic heterocycles. The van der Waals surface area contributed by atoms with Gasteiger partial charge < -0.3 is 5.11 Å². The summed E-state index contributed by atoms with van der Waals surface area (Å²) in [7, 11) is 0. The lowest BCUT2D eigenvalue weighted by Gasteiger charge is -2.07. The molecule has 0 amide bonds. The highest BCUT2D eigenvalue weighted by Gasteiger charge is 2.39. The van der Waals surface area contributed by atoms with E-state index in [4.69, 9.17) is 0 Å². The van der Waals surface area contributed by atoms with Crippen molar-refractivity contribution >= 4 is 0 Å². The first-order chi connectivity index (χ1) is 6.57. The molecule has 1 aliphatic rings. The molecule has 0 heterocycles. The first kappa shape index (κ1) is 9.59. The van der Waals surface area contributed by atoms with Crippen LogP contribution in [0.15, 0.2) is 18.2 Å². The van der Waals surface area contributed by atoms with E-state index in [1.54, 1.807) is 0 Å². The van der Waals surface area contributed by atoms with Crippen LogP contribution in [0.4, 0.5) is 8.78 Å². The van der Waals surface area contributed by atoms with Crippen LogP contribution in [0.2, 0.25) is 0 Å². The Bertz CT molecular complexity index is 325. The molecule has 1 aromatic carbocycles. The standard InChI is InChI=1S/C11H12F2O/c12-9-5-8(6-10(13)7-9)1-2-11(14)3-4-11/h5-7,14H,1-4H2. The molecule has 0 spiro atoms. The van der Waals surface area contributed by atoms with Gasteiger partial charge in [0.15, 0.2) is 0 Å². The van der Waals surface area contributed by atoms with Crippen molar-refractivity contribution < 1.29 is 13.9 Å². The molecular formula is C11H12F2O. The molecule has 1 aliphatic carbocycles. The fourth-order valence-corrected chi connectivity index (χ4v) is 1.53. The van der Waals surface area contributed by atoms with E-state index in [0.29, 0.717) is 18.4 Å². The molecule has 0 radical (unpaired) electrons. The molecule has 1 aromatic rings. The van der Waals surface area contributed by atoms with E-state index in [1.165, 1.54) is 12.1 Å². The van der Waals surface area contributed by atoms with Crippen molar-refractivity contribution in [3.8, 4) is 0 Å². The molecule has 1 saturated carbocycles. The minimum absolute atomic E-state index is 0.533. The predicted octanol–water partition coefficient (Wildman–Crippen LogP) is 2.42. The zero-order valence-electron chi connectivity index (χ0n) is 7.76. The summed E-state index contributed by atoms with van der Waals surface area (Å²) in [6, 6.07) is 3.49. The highest BCUT2D eigenvalue weighted by Crippen LogP contribution is 2.39. The second kappa shape index (κ2) is 3.31. The Hall–Kier alpha value is -0.960. The number of halogens is 2. The lowest BCUT2D eigenvalue weighted by molar-refractivity contribution is 0.140. The maximum absolute atomic E-state index is 12.8. The van der Waals surface area contributed by atoms with E-state index in [1.807, 2.05) is 0 Å². The number of aliphatic hydroxyl groups is 1. The highest BCUT2D eigenvalue weighted by molar-refractivity contribution is 5.18. The van der Waals surface area contributed by atoms with Gasteiger partial charge in [0.1, 0.15) is 11.6 Å². The molecule has 3 heteroatoms. The number of aryl methyl sites for hydroxylation is 1. The fraction of sp³-hybridized carbons (Fsp3) is 0.455. The third-order valence-electron chi connectivity index (χ3n) is 2.63. The Morgan fingerprint density at radius 1 is 1.14 bits per heavy atom. The summed E-state index contributed by atoms with van der Waals surface area (Å²) < 4.78 is 25.5. The first-order valence-corrected chi connectivity index (χ1v) is 4.75. The van der Waals surface area contributed by atoms with E-state index in [0.717, 1.165) is 18.9 Å². The Morgan fingerprint density at radius 3 is 2.21 bits per heavy atom. The lowest BCUT2D eigenvalue weighted by Crippen LogP contribution is -2.07. The van der Waals surface area contributed by atoms with Gasteiger partial charge >= 0.3 is 0 Å². The summed E-state index contributed by atoms with van der Waals surface area (Å²) in [6.45, 7) is 0. The van der Waals surface area contributed by atoms with Gasteiger partial charge in [0.05, 0.1) is 5.60 Å². The summed E-state index contributed by atoms with van der Waals surface area (Å²) in [6.07, 6.45) is 2.75. The Labute approximate surface area is 81.4 Å². The largest absolute Gasteiger partial charge is 0.390 e. The summed E-state index contributed by atoms with van der Waals surface area (Å²) in [5, 5.41) is 9.54. The zero-order chi connectivity index (χ0) is 10.2. The second-order valence-electron chi connectivity index (χ2n) is 4.00. The van der Waals surface area contributed by atoms with Gasteiger partial charge in [-0.25, -0.2) is 8.78 Å². The Morgan fingerprint density at radius 2 is 1.71 bits per heavy atom. The average Bonchev–Trinajstić information content (AvgIpc) is 2.80. The minimum atomic E-state index is -0.553. The molecule has 0 saturated heterocycles. The number of benzene rings is 1. The van der Waals surface area contributed by atoms with Crippen molar-refractivity contribution in [1.29, 1.82) is 0 Å². The van der Waals surface area contributed by atoms with Crippen molar-refractivity contribution in [2.75, 3.05) is 0 Å². The quantitative estimate of drug-likeness (QED) is 0.790. The fourth-order valence-electron chi connectivity index (χ4n) is 1.53. The van der Waals surface area contributed by atoms with Gasteiger partial charge in [-0.2, -0.15) is 0 Å². The summed E-state index contributed by atoms with van der Waals surface area (Å²) in [5.74, 6) is -1.11. The van der Waals surface area contributed by atoms with E-state index in [-0.39, 0.29) is 0 Å². The molecule has 2 rings (SSSR count). The molecule has 1 fully saturated rings. The average molecular weight is 198 g/mol. The van der Waals surface area contributed by atoms with Crippen LogP contribution in [0, 0.1) is 11.6 Å². The van der Waals surface area contributed by atoms with E-state index in [2.05, 4.69) is 0 Å². The lowest BCUT2D eigenvalue weighted by atomic mass is 10.1. The smallest absolute Gasteiger partial charge is 0.126 e. The van der Waals surface area contributed by atoms with Crippen LogP contribution in [-0.4, -0.2) is 10.7 Å². The van der Waals surface area contributed by atoms with Crippen LogP contribution in [0.1, 0.15) is 24.8 Å². The van der Waals surface area contributed by atoms with Crippen LogP contribution in [0.25, 0.3) is 0 Å². The molecule has 0 bridgehead atoms. The van der Waals surface area contributed by atoms with Crippen molar-refractivity contribution in [1.82, 2.24) is 0 Å². The molecular weight excluding hydrogens is 186 g/mol. The van der Waals surface area contributed by atoms with Gasteiger partial charge in [0.2, 0.25) is 0 Å². The molecule has 0 unspecified atom stereocenters. The number of rotatable bonds is 3. The highest BCUT2D eigenvalue weighted by atomic mass is 19.1. The third kappa shape index (κ3) is 2.29. The maximum atomic E-state index is 12.8. The molecule has 0 atom stereocenters. The zero-order valence-corrected chi connectivity index (χ0v) is 7.76. The second-order valence-corrected chi connectivity index (χ2v) is 4.00. The molecule has 0 aliphatic heterocycles. The van der Waals surface area contributed by atoms with Gasteiger partial charge in [0, 0.05) is 6.07 Å². The first-order valence-electron chi connectivity index (χ1n) is 4.75. The van der Waals surface area contributed by atoms with Crippen LogP contribution < -0.4 is 0 Å². The van der Waals surface area contributed by atoms with Crippen LogP contribution in [-0.2, 0) is 6.42 Å². The van der Waals surface area contributed by atoms with Crippen molar-refractivity contribution in [3.63, 3.8) is 0 Å². The molecule has 1 N–H and O–H groups in total. The van der Waals surface area contributed by atoms with E-state index in [9.17, 15) is 13.9 Å². The normalized spacial score (nSPS) is 18.2. The summed E-state index contributed by atoms with van der Waals surface area (Å²) >= 11 is 0. The summed E-state index contributed by atoms with van der Waals surface area (Å²) in [4.78, 5) is 0. The third-order valence-corrected chi connectivity index (χ3v) is 2.63.